The maximum Gasteiger partial charge on any atom is 0.320 e. The smallest absolute Gasteiger partial charge is 0.320 e. The molecule has 1 aliphatic heterocycles. The highest BCUT2D eigenvalue weighted by molar-refractivity contribution is 5.80. The van der Waals surface area contributed by atoms with Gasteiger partial charge in [-0.3, -0.25) is 14.5 Å². The number of hydrogen-bond acceptors (Lipinski definition) is 4. The van der Waals surface area contributed by atoms with Crippen LogP contribution in [-0.2, 0) is 14.3 Å². The molecule has 6 heteroatoms. The Morgan fingerprint density at radius 1 is 1.44 bits per heavy atom. The van der Waals surface area contributed by atoms with Gasteiger partial charge in [0.25, 0.3) is 0 Å². The lowest BCUT2D eigenvalue weighted by molar-refractivity contribution is -0.143. The lowest BCUT2D eigenvalue weighted by Gasteiger charge is -2.26. The van der Waals surface area contributed by atoms with Crippen molar-refractivity contribution >= 4 is 11.9 Å². The molecule has 0 aromatic heterocycles. The van der Waals surface area contributed by atoms with Crippen LogP contribution in [0, 0.1) is 0 Å². The zero-order chi connectivity index (χ0) is 13.5. The van der Waals surface area contributed by atoms with E-state index in [0.717, 1.165) is 12.8 Å². The molecule has 1 saturated heterocycles. The lowest BCUT2D eigenvalue weighted by atomic mass is 10.1. The molecular formula is C12H22N2O4. The lowest BCUT2D eigenvalue weighted by Crippen LogP contribution is -2.47. The van der Waals surface area contributed by atoms with E-state index >= 15 is 0 Å². The predicted molar refractivity (Wildman–Crippen MR) is 66.3 cm³/mol. The Kier molecular flexibility index (Phi) is 6.07. The fourth-order valence-corrected chi connectivity index (χ4v) is 2.13. The molecule has 0 saturated carbocycles. The molecule has 0 radical (unpaired) electrons. The molecule has 0 aliphatic carbocycles. The fraction of sp³-hybridized carbons (Fsp3) is 0.833. The van der Waals surface area contributed by atoms with Gasteiger partial charge >= 0.3 is 5.97 Å². The Hall–Kier alpha value is -1.14. The van der Waals surface area contributed by atoms with Crippen molar-refractivity contribution in [2.75, 3.05) is 26.8 Å². The van der Waals surface area contributed by atoms with Gasteiger partial charge in [0.1, 0.15) is 6.04 Å². The van der Waals surface area contributed by atoms with Crippen LogP contribution in [0.1, 0.15) is 26.2 Å². The summed E-state index contributed by atoms with van der Waals surface area (Å²) < 4.78 is 5.21. The van der Waals surface area contributed by atoms with Gasteiger partial charge in [0.2, 0.25) is 5.91 Å². The van der Waals surface area contributed by atoms with Crippen LogP contribution in [0.2, 0.25) is 0 Å². The van der Waals surface area contributed by atoms with Crippen molar-refractivity contribution in [3.63, 3.8) is 0 Å². The van der Waals surface area contributed by atoms with E-state index in [1.165, 1.54) is 0 Å². The third-order valence-electron chi connectivity index (χ3n) is 3.18. The van der Waals surface area contributed by atoms with Crippen LogP contribution in [-0.4, -0.2) is 60.8 Å². The minimum absolute atomic E-state index is 0.113. The van der Waals surface area contributed by atoms with Gasteiger partial charge in [0, 0.05) is 19.3 Å². The Labute approximate surface area is 107 Å². The molecular weight excluding hydrogens is 236 g/mol. The highest BCUT2D eigenvalue weighted by Crippen LogP contribution is 2.06. The van der Waals surface area contributed by atoms with Crippen molar-refractivity contribution in [3.05, 3.63) is 0 Å². The third kappa shape index (κ3) is 4.62. The zero-order valence-corrected chi connectivity index (χ0v) is 11.0. The van der Waals surface area contributed by atoms with Crippen LogP contribution in [0.4, 0.5) is 0 Å². The number of nitrogens with zero attached hydrogens (tertiary/aromatic N) is 1. The Bertz CT molecular complexity index is 290. The number of carbonyl (C=O) groups is 2. The second-order valence-electron chi connectivity index (χ2n) is 4.63. The molecule has 18 heavy (non-hydrogen) atoms. The normalized spacial score (nSPS) is 18.6. The van der Waals surface area contributed by atoms with Crippen LogP contribution in [0.5, 0.6) is 0 Å². The van der Waals surface area contributed by atoms with E-state index in [4.69, 9.17) is 9.84 Å². The van der Waals surface area contributed by atoms with Gasteiger partial charge in [-0.05, 0) is 26.3 Å². The van der Waals surface area contributed by atoms with E-state index in [0.29, 0.717) is 19.6 Å². The average molecular weight is 258 g/mol. The number of amides is 1. The number of carboxylic acids is 1. The molecule has 1 aliphatic rings. The van der Waals surface area contributed by atoms with E-state index in [-0.39, 0.29) is 18.5 Å². The first-order valence-electron chi connectivity index (χ1n) is 6.34. The summed E-state index contributed by atoms with van der Waals surface area (Å²) >= 11 is 0. The number of carbonyl (C=O) groups excluding carboxylic acids is 1. The highest BCUT2D eigenvalue weighted by atomic mass is 16.5. The maximum atomic E-state index is 11.8. The minimum atomic E-state index is -0.890. The van der Waals surface area contributed by atoms with E-state index in [1.54, 1.807) is 18.9 Å². The standard InChI is InChI=1S/C12H22N2O4/c1-3-10(12(16)17)14(2)8-11(15)13-9-4-6-18-7-5-9/h9-10H,3-8H2,1-2H3,(H,13,15)(H,16,17). The number of rotatable bonds is 6. The number of aliphatic carboxylic acids is 1. The van der Waals surface area contributed by atoms with Crippen molar-refractivity contribution in [1.29, 1.82) is 0 Å². The van der Waals surface area contributed by atoms with E-state index in [2.05, 4.69) is 5.32 Å². The van der Waals surface area contributed by atoms with E-state index in [1.807, 2.05) is 0 Å². The first-order chi connectivity index (χ1) is 8.54. The molecule has 1 amide bonds. The van der Waals surface area contributed by atoms with Crippen molar-refractivity contribution in [3.8, 4) is 0 Å². The number of likely N-dealkylation sites (N-methyl/N-ethyl adjacent to an activating group) is 1. The summed E-state index contributed by atoms with van der Waals surface area (Å²) in [6.07, 6.45) is 2.13. The molecule has 1 rings (SSSR count). The van der Waals surface area contributed by atoms with E-state index < -0.39 is 12.0 Å². The number of nitrogens with one attached hydrogen (secondary N) is 1. The van der Waals surface area contributed by atoms with Crippen LogP contribution < -0.4 is 5.32 Å². The molecule has 1 fully saturated rings. The molecule has 6 nitrogen and oxygen atoms in total. The van der Waals surface area contributed by atoms with Crippen LogP contribution in [0.25, 0.3) is 0 Å². The van der Waals surface area contributed by atoms with Crippen molar-refractivity contribution in [2.24, 2.45) is 0 Å². The highest BCUT2D eigenvalue weighted by Gasteiger charge is 2.23. The van der Waals surface area contributed by atoms with Gasteiger partial charge in [0.15, 0.2) is 0 Å². The summed E-state index contributed by atoms with van der Waals surface area (Å²) in [6, 6.07) is -0.449. The summed E-state index contributed by atoms with van der Waals surface area (Å²) in [4.78, 5) is 24.3. The maximum absolute atomic E-state index is 11.8. The molecule has 0 bridgehead atoms. The monoisotopic (exact) mass is 258 g/mol. The molecule has 1 unspecified atom stereocenters. The molecule has 1 heterocycles. The van der Waals surface area contributed by atoms with Crippen LogP contribution in [0.3, 0.4) is 0 Å². The van der Waals surface area contributed by atoms with Crippen molar-refractivity contribution < 1.29 is 19.4 Å². The summed E-state index contributed by atoms with van der Waals surface area (Å²) in [5, 5.41) is 11.9. The van der Waals surface area contributed by atoms with Crippen molar-refractivity contribution in [1.82, 2.24) is 10.2 Å². The molecule has 0 aromatic carbocycles. The van der Waals surface area contributed by atoms with Gasteiger partial charge in [-0.2, -0.15) is 0 Å². The topological polar surface area (TPSA) is 78.9 Å². The fourth-order valence-electron chi connectivity index (χ4n) is 2.13. The molecule has 2 N–H and O–H groups in total. The molecule has 0 spiro atoms. The minimum Gasteiger partial charge on any atom is -0.480 e. The Morgan fingerprint density at radius 2 is 2.06 bits per heavy atom. The number of ether oxygens (including phenoxy) is 1. The second-order valence-corrected chi connectivity index (χ2v) is 4.63. The van der Waals surface area contributed by atoms with Crippen molar-refractivity contribution in [2.45, 2.75) is 38.3 Å². The Balaban J connectivity index is 2.36. The average Bonchev–Trinajstić information content (AvgIpc) is 2.30. The number of carboxylic acid groups (broad SMARTS) is 1. The summed E-state index contributed by atoms with van der Waals surface area (Å²) in [5.41, 5.74) is 0. The first kappa shape index (κ1) is 14.9. The summed E-state index contributed by atoms with van der Waals surface area (Å²) in [7, 11) is 1.66. The van der Waals surface area contributed by atoms with Crippen LogP contribution >= 0.6 is 0 Å². The van der Waals surface area contributed by atoms with E-state index in [9.17, 15) is 9.59 Å². The molecule has 1 atom stereocenters. The molecule has 104 valence electrons. The summed E-state index contributed by atoms with van der Waals surface area (Å²) in [6.45, 7) is 3.26. The Morgan fingerprint density at radius 3 is 2.56 bits per heavy atom. The molecule has 0 aromatic rings. The van der Waals surface area contributed by atoms with Gasteiger partial charge in [-0.25, -0.2) is 0 Å². The van der Waals surface area contributed by atoms with Gasteiger partial charge in [-0.15, -0.1) is 0 Å². The number of hydrogen-bond donors (Lipinski definition) is 2. The zero-order valence-electron chi connectivity index (χ0n) is 11.0. The van der Waals surface area contributed by atoms with Gasteiger partial charge < -0.3 is 15.2 Å². The van der Waals surface area contributed by atoms with Crippen LogP contribution in [0.15, 0.2) is 0 Å². The summed E-state index contributed by atoms with van der Waals surface area (Å²) in [5.74, 6) is -1.01. The SMILES string of the molecule is CCC(C(=O)O)N(C)CC(=O)NC1CCOCC1. The first-order valence-corrected chi connectivity index (χ1v) is 6.34. The third-order valence-corrected chi connectivity index (χ3v) is 3.18. The van der Waals surface area contributed by atoms with Gasteiger partial charge in [0.05, 0.1) is 6.54 Å². The largest absolute Gasteiger partial charge is 0.480 e. The second kappa shape index (κ2) is 7.33. The van der Waals surface area contributed by atoms with Gasteiger partial charge in [-0.1, -0.05) is 6.92 Å². The predicted octanol–water partition coefficient (Wildman–Crippen LogP) is 0.0766. The quantitative estimate of drug-likeness (QED) is 0.705.